The molecule has 0 saturated carbocycles. The minimum atomic E-state index is 0. The summed E-state index contributed by atoms with van der Waals surface area (Å²) in [7, 11) is 0. The first-order chi connectivity index (χ1) is 12.5. The van der Waals surface area contributed by atoms with Gasteiger partial charge in [0, 0.05) is 17.5 Å². The van der Waals surface area contributed by atoms with E-state index in [0.717, 1.165) is 60.0 Å². The third kappa shape index (κ3) is 5.11. The van der Waals surface area contributed by atoms with Crippen LogP contribution in [0.25, 0.3) is 0 Å². The van der Waals surface area contributed by atoms with Gasteiger partial charge in [-0.05, 0) is 59.5 Å². The summed E-state index contributed by atoms with van der Waals surface area (Å²) in [5, 5.41) is 11.4. The smallest absolute Gasteiger partial charge is 0.223 e. The first-order valence-corrected chi connectivity index (χ1v) is 9.27. The zero-order chi connectivity index (χ0) is 18.7. The molecule has 7 nitrogen and oxygen atoms in total. The van der Waals surface area contributed by atoms with Crippen molar-refractivity contribution in [3.63, 3.8) is 0 Å². The summed E-state index contributed by atoms with van der Waals surface area (Å²) < 4.78 is 10.5. The Morgan fingerprint density at radius 3 is 2.04 bits per heavy atom. The summed E-state index contributed by atoms with van der Waals surface area (Å²) in [6.45, 7) is 10.7. The van der Waals surface area contributed by atoms with Gasteiger partial charge in [0.2, 0.25) is 5.91 Å². The van der Waals surface area contributed by atoms with E-state index in [1.807, 2.05) is 32.6 Å². The molecule has 27 heavy (non-hydrogen) atoms. The van der Waals surface area contributed by atoms with Crippen molar-refractivity contribution >= 4 is 18.3 Å². The molecular weight excluding hydrogens is 368 g/mol. The van der Waals surface area contributed by atoms with Gasteiger partial charge in [-0.25, -0.2) is 0 Å². The number of carbonyl (C=O) groups excluding carboxylic acids is 1. The van der Waals surface area contributed by atoms with Crippen molar-refractivity contribution in [3.05, 3.63) is 34.0 Å². The van der Waals surface area contributed by atoms with Crippen LogP contribution >= 0.6 is 12.4 Å². The van der Waals surface area contributed by atoms with Gasteiger partial charge in [-0.2, -0.15) is 0 Å². The largest absolute Gasteiger partial charge is 0.361 e. The molecule has 0 bridgehead atoms. The summed E-state index contributed by atoms with van der Waals surface area (Å²) >= 11 is 0. The predicted molar refractivity (Wildman–Crippen MR) is 104 cm³/mol. The fourth-order valence-corrected chi connectivity index (χ4v) is 3.52. The molecule has 2 aromatic rings. The summed E-state index contributed by atoms with van der Waals surface area (Å²) in [5.74, 6) is 2.27. The maximum Gasteiger partial charge on any atom is 0.223 e. The molecule has 1 aliphatic rings. The summed E-state index contributed by atoms with van der Waals surface area (Å²) in [4.78, 5) is 14.9. The molecule has 1 aliphatic heterocycles. The third-order valence-corrected chi connectivity index (χ3v) is 5.34. The van der Waals surface area contributed by atoms with E-state index in [1.165, 1.54) is 0 Å². The predicted octanol–water partition coefficient (Wildman–Crippen LogP) is 3.24. The van der Waals surface area contributed by atoms with Crippen LogP contribution < -0.4 is 5.32 Å². The summed E-state index contributed by atoms with van der Waals surface area (Å²) in [6.07, 6.45) is 2.63. The van der Waals surface area contributed by atoms with Crippen LogP contribution in [0, 0.1) is 33.6 Å². The number of rotatable bonds is 7. The molecule has 1 unspecified atom stereocenters. The van der Waals surface area contributed by atoms with Crippen LogP contribution in [0.1, 0.15) is 53.3 Å². The highest BCUT2D eigenvalue weighted by Crippen LogP contribution is 2.22. The van der Waals surface area contributed by atoms with Gasteiger partial charge in [0.1, 0.15) is 11.5 Å². The molecule has 1 amide bonds. The lowest BCUT2D eigenvalue weighted by Gasteiger charge is -2.23. The zero-order valence-electron chi connectivity index (χ0n) is 16.5. The van der Waals surface area contributed by atoms with Crippen molar-refractivity contribution in [2.45, 2.75) is 60.0 Å². The standard InChI is InChI=1S/C19H28N4O3.ClH/c1-12-17(14(3)25-21-12)10-23(11-18-13(2)22-26-15(18)4)19(24)6-5-16-7-8-20-9-16;/h16,20H,5-11H2,1-4H3;1H. The number of nitrogens with one attached hydrogen (secondary N) is 1. The number of amides is 1. The molecule has 1 fully saturated rings. The van der Waals surface area contributed by atoms with E-state index in [1.54, 1.807) is 0 Å². The van der Waals surface area contributed by atoms with Gasteiger partial charge >= 0.3 is 0 Å². The number of nitrogens with zero attached hydrogens (tertiary/aromatic N) is 3. The van der Waals surface area contributed by atoms with Gasteiger partial charge in [0.15, 0.2) is 0 Å². The Morgan fingerprint density at radius 2 is 1.63 bits per heavy atom. The number of aryl methyl sites for hydroxylation is 4. The van der Waals surface area contributed by atoms with E-state index in [-0.39, 0.29) is 18.3 Å². The second kappa shape index (κ2) is 9.37. The number of aromatic nitrogens is 2. The van der Waals surface area contributed by atoms with E-state index in [4.69, 9.17) is 9.05 Å². The number of carbonyl (C=O) groups is 1. The quantitative estimate of drug-likeness (QED) is 0.773. The lowest BCUT2D eigenvalue weighted by atomic mass is 10.0. The molecule has 1 saturated heterocycles. The number of hydrogen-bond acceptors (Lipinski definition) is 6. The second-order valence-electron chi connectivity index (χ2n) is 7.25. The molecule has 3 rings (SSSR count). The lowest BCUT2D eigenvalue weighted by molar-refractivity contribution is -0.132. The van der Waals surface area contributed by atoms with Crippen LogP contribution in [-0.4, -0.2) is 34.2 Å². The highest BCUT2D eigenvalue weighted by molar-refractivity contribution is 5.85. The van der Waals surface area contributed by atoms with Gasteiger partial charge in [-0.15, -0.1) is 12.4 Å². The summed E-state index contributed by atoms with van der Waals surface area (Å²) in [5.41, 5.74) is 3.62. The van der Waals surface area contributed by atoms with Gasteiger partial charge in [-0.1, -0.05) is 10.3 Å². The van der Waals surface area contributed by atoms with Crippen LogP contribution in [0.3, 0.4) is 0 Å². The Bertz CT molecular complexity index is 678. The minimum absolute atomic E-state index is 0. The molecule has 0 spiro atoms. The lowest BCUT2D eigenvalue weighted by Crippen LogP contribution is -2.31. The normalized spacial score (nSPS) is 16.4. The maximum atomic E-state index is 13.0. The van der Waals surface area contributed by atoms with Gasteiger partial charge < -0.3 is 19.3 Å². The molecule has 150 valence electrons. The van der Waals surface area contributed by atoms with E-state index in [9.17, 15) is 4.79 Å². The highest BCUT2D eigenvalue weighted by Gasteiger charge is 2.23. The fraction of sp³-hybridized carbons (Fsp3) is 0.632. The monoisotopic (exact) mass is 396 g/mol. The van der Waals surface area contributed by atoms with Crippen molar-refractivity contribution in [1.29, 1.82) is 0 Å². The number of halogens is 1. The van der Waals surface area contributed by atoms with Gasteiger partial charge in [0.25, 0.3) is 0 Å². The third-order valence-electron chi connectivity index (χ3n) is 5.34. The van der Waals surface area contributed by atoms with Crippen molar-refractivity contribution in [3.8, 4) is 0 Å². The fourth-order valence-electron chi connectivity index (χ4n) is 3.52. The van der Waals surface area contributed by atoms with Gasteiger partial charge in [-0.3, -0.25) is 4.79 Å². The van der Waals surface area contributed by atoms with Crippen molar-refractivity contribution in [2.24, 2.45) is 5.92 Å². The minimum Gasteiger partial charge on any atom is -0.361 e. The van der Waals surface area contributed by atoms with E-state index < -0.39 is 0 Å². The highest BCUT2D eigenvalue weighted by atomic mass is 35.5. The molecule has 1 N–H and O–H groups in total. The van der Waals surface area contributed by atoms with E-state index in [2.05, 4.69) is 15.6 Å². The van der Waals surface area contributed by atoms with Crippen LogP contribution in [0.15, 0.2) is 9.05 Å². The van der Waals surface area contributed by atoms with Crippen LogP contribution in [0.4, 0.5) is 0 Å². The molecule has 0 radical (unpaired) electrons. The Labute approximate surface area is 166 Å². The van der Waals surface area contributed by atoms with Crippen LogP contribution in [0.5, 0.6) is 0 Å². The van der Waals surface area contributed by atoms with Gasteiger partial charge in [0.05, 0.1) is 24.5 Å². The molecule has 2 aromatic heterocycles. The molecule has 1 atom stereocenters. The Kier molecular flexibility index (Phi) is 7.44. The SMILES string of the molecule is Cc1noc(C)c1CN(Cc1c(C)noc1C)C(=O)CCC1CCNC1.Cl. The molecule has 8 heteroatoms. The van der Waals surface area contributed by atoms with Crippen LogP contribution in [-0.2, 0) is 17.9 Å². The topological polar surface area (TPSA) is 84.4 Å². The first-order valence-electron chi connectivity index (χ1n) is 9.27. The Morgan fingerprint density at radius 1 is 1.07 bits per heavy atom. The van der Waals surface area contributed by atoms with Crippen molar-refractivity contribution in [1.82, 2.24) is 20.5 Å². The molecule has 0 aromatic carbocycles. The Balaban J connectivity index is 0.00000261. The zero-order valence-corrected chi connectivity index (χ0v) is 17.3. The van der Waals surface area contributed by atoms with Crippen molar-refractivity contribution < 1.29 is 13.8 Å². The maximum absolute atomic E-state index is 13.0. The molecule has 0 aliphatic carbocycles. The second-order valence-corrected chi connectivity index (χ2v) is 7.25. The molecule has 3 heterocycles. The van der Waals surface area contributed by atoms with E-state index in [0.29, 0.717) is 25.4 Å². The molecular formula is C19H29ClN4O3. The van der Waals surface area contributed by atoms with Crippen molar-refractivity contribution in [2.75, 3.05) is 13.1 Å². The first kappa shape index (κ1) is 21.4. The van der Waals surface area contributed by atoms with E-state index >= 15 is 0 Å². The van der Waals surface area contributed by atoms with Crippen LogP contribution in [0.2, 0.25) is 0 Å². The number of hydrogen-bond donors (Lipinski definition) is 1. The summed E-state index contributed by atoms with van der Waals surface area (Å²) in [6, 6.07) is 0. The average molecular weight is 397 g/mol. The Hall–Kier alpha value is -1.86. The average Bonchev–Trinajstić information content (AvgIpc) is 3.32.